The van der Waals surface area contributed by atoms with Crippen LogP contribution in [0.15, 0.2) is 47.4 Å². The maximum atomic E-state index is 12.9. The van der Waals surface area contributed by atoms with Gasteiger partial charge in [0.05, 0.1) is 17.4 Å². The topological polar surface area (TPSA) is 80.8 Å². The van der Waals surface area contributed by atoms with Gasteiger partial charge >= 0.3 is 0 Å². The minimum atomic E-state index is -2.27. The maximum absolute atomic E-state index is 12.9. The van der Waals surface area contributed by atoms with Crippen LogP contribution in [0.25, 0.3) is 11.1 Å². The second-order valence-electron chi connectivity index (χ2n) is 7.42. The van der Waals surface area contributed by atoms with Crippen molar-refractivity contribution in [1.29, 1.82) is 0 Å². The molecule has 1 unspecified atom stereocenters. The molecule has 2 aromatic rings. The zero-order valence-electron chi connectivity index (χ0n) is 15.8. The first-order chi connectivity index (χ1) is 13.4. The van der Waals surface area contributed by atoms with Gasteiger partial charge in [-0.15, -0.1) is 0 Å². The fourth-order valence-corrected chi connectivity index (χ4v) is 4.16. The largest absolute Gasteiger partial charge is 0.768 e. The van der Waals surface area contributed by atoms with E-state index in [0.29, 0.717) is 6.54 Å². The Bertz CT molecular complexity index is 969. The molecule has 1 heterocycles. The molecule has 0 radical (unpaired) electrons. The second kappa shape index (κ2) is 7.14. The smallest absolute Gasteiger partial charge is 0.230 e. The lowest BCUT2D eigenvalue weighted by atomic mass is 10.00. The fraction of sp³-hybridized carbons (Fsp3) is 0.333. The molecule has 28 heavy (non-hydrogen) atoms. The van der Waals surface area contributed by atoms with E-state index in [1.165, 1.54) is 6.92 Å². The van der Waals surface area contributed by atoms with Crippen molar-refractivity contribution in [2.24, 2.45) is 5.92 Å². The van der Waals surface area contributed by atoms with Gasteiger partial charge in [-0.25, -0.2) is 0 Å². The van der Waals surface area contributed by atoms with Crippen LogP contribution in [-0.4, -0.2) is 33.2 Å². The summed E-state index contributed by atoms with van der Waals surface area (Å²) in [5, 5.41) is 0. The summed E-state index contributed by atoms with van der Waals surface area (Å²) < 4.78 is 22.2. The van der Waals surface area contributed by atoms with Crippen molar-refractivity contribution in [3.05, 3.63) is 42.5 Å². The number of nitrogens with zero attached hydrogens (tertiary/aromatic N) is 2. The van der Waals surface area contributed by atoms with Crippen LogP contribution in [0.4, 0.5) is 11.4 Å². The Morgan fingerprint density at radius 2 is 1.68 bits per heavy atom. The van der Waals surface area contributed by atoms with Crippen molar-refractivity contribution < 1.29 is 18.4 Å². The molecular weight excluding hydrogens is 376 g/mol. The van der Waals surface area contributed by atoms with E-state index in [0.717, 1.165) is 35.3 Å². The van der Waals surface area contributed by atoms with Crippen LogP contribution in [-0.2, 0) is 20.7 Å². The number of fused-ring (bicyclic) bond motifs is 1. The normalized spacial score (nSPS) is 19.9. The van der Waals surface area contributed by atoms with Gasteiger partial charge in [-0.05, 0) is 66.2 Å². The molecule has 0 aromatic heterocycles. The van der Waals surface area contributed by atoms with E-state index in [2.05, 4.69) is 0 Å². The summed E-state index contributed by atoms with van der Waals surface area (Å²) in [6.07, 6.45) is 1.84. The predicted molar refractivity (Wildman–Crippen MR) is 107 cm³/mol. The molecule has 0 spiro atoms. The minimum absolute atomic E-state index is 0.0534. The Hall–Kier alpha value is -2.51. The quantitative estimate of drug-likeness (QED) is 0.746. The van der Waals surface area contributed by atoms with Gasteiger partial charge in [-0.2, -0.15) is 0 Å². The Morgan fingerprint density at radius 1 is 1.04 bits per heavy atom. The maximum Gasteiger partial charge on any atom is 0.230 e. The molecule has 4 rings (SSSR count). The Balaban J connectivity index is 1.78. The summed E-state index contributed by atoms with van der Waals surface area (Å²) in [6, 6.07) is 12.2. The molecule has 146 valence electrons. The number of carbonyl (C=O) groups excluding carboxylic acids is 2. The molecule has 2 atom stereocenters. The highest BCUT2D eigenvalue weighted by Crippen LogP contribution is 2.42. The highest BCUT2D eigenvalue weighted by atomic mass is 32.2. The number of amides is 2. The van der Waals surface area contributed by atoms with E-state index in [4.69, 9.17) is 0 Å². The van der Waals surface area contributed by atoms with E-state index in [9.17, 15) is 18.4 Å². The number of rotatable bonds is 3. The molecule has 0 bridgehead atoms. The second-order valence-corrected chi connectivity index (χ2v) is 8.36. The van der Waals surface area contributed by atoms with Gasteiger partial charge in [-0.1, -0.05) is 18.2 Å². The molecule has 1 aliphatic heterocycles. The van der Waals surface area contributed by atoms with Crippen molar-refractivity contribution >= 4 is 34.3 Å². The number of anilines is 2. The third kappa shape index (κ3) is 3.36. The van der Waals surface area contributed by atoms with Gasteiger partial charge in [0.15, 0.2) is 0 Å². The SMILES string of the molecule is CC(=O)N1c2ccc(-c3ccc(S(=O)[O-])cc3)cc2N(C(=O)C2CC2)C[C@@H]1C. The third-order valence-corrected chi connectivity index (χ3v) is 5.98. The standard InChI is InChI=1S/C21H22N2O4S/c1-13-12-22(21(25)16-3-4-16)20-11-17(7-10-19(20)23(13)14(2)24)15-5-8-18(9-6-15)28(26)27/h5-11,13,16H,3-4,12H2,1-2H3,(H,26,27)/p-1/t13-/m0/s1. The van der Waals surface area contributed by atoms with E-state index in [1.807, 2.05) is 30.0 Å². The summed E-state index contributed by atoms with van der Waals surface area (Å²) in [6.45, 7) is 3.96. The van der Waals surface area contributed by atoms with Crippen molar-refractivity contribution in [1.82, 2.24) is 0 Å². The van der Waals surface area contributed by atoms with Crippen LogP contribution in [0.5, 0.6) is 0 Å². The minimum Gasteiger partial charge on any atom is -0.768 e. The number of carbonyl (C=O) groups is 2. The van der Waals surface area contributed by atoms with Gasteiger partial charge in [0.1, 0.15) is 0 Å². The van der Waals surface area contributed by atoms with Gasteiger partial charge in [0.25, 0.3) is 0 Å². The fourth-order valence-electron chi connectivity index (χ4n) is 3.80. The predicted octanol–water partition coefficient (Wildman–Crippen LogP) is 3.09. The van der Waals surface area contributed by atoms with Crippen LogP contribution < -0.4 is 9.80 Å². The molecule has 2 aliphatic rings. The van der Waals surface area contributed by atoms with Gasteiger partial charge in [0, 0.05) is 24.3 Å². The highest BCUT2D eigenvalue weighted by molar-refractivity contribution is 7.79. The lowest BCUT2D eigenvalue weighted by molar-refractivity contribution is -0.120. The molecular formula is C21H21N2O4S-. The average molecular weight is 397 g/mol. The molecule has 0 N–H and O–H groups in total. The van der Waals surface area contributed by atoms with Gasteiger partial charge < -0.3 is 14.4 Å². The monoisotopic (exact) mass is 397 g/mol. The summed E-state index contributed by atoms with van der Waals surface area (Å²) >= 11 is -2.27. The lowest BCUT2D eigenvalue weighted by Crippen LogP contribution is -2.51. The first-order valence-corrected chi connectivity index (χ1v) is 10.4. The summed E-state index contributed by atoms with van der Waals surface area (Å²) in [5.74, 6) is 0.145. The molecule has 7 heteroatoms. The van der Waals surface area contributed by atoms with E-state index in [-0.39, 0.29) is 28.7 Å². The van der Waals surface area contributed by atoms with Gasteiger partial charge in [-0.3, -0.25) is 13.8 Å². The van der Waals surface area contributed by atoms with Crippen molar-refractivity contribution in [3.8, 4) is 11.1 Å². The van der Waals surface area contributed by atoms with Crippen molar-refractivity contribution in [2.45, 2.75) is 37.6 Å². The van der Waals surface area contributed by atoms with Gasteiger partial charge in [0.2, 0.25) is 11.8 Å². The molecule has 1 aliphatic carbocycles. The summed E-state index contributed by atoms with van der Waals surface area (Å²) in [7, 11) is 0. The molecule has 0 saturated heterocycles. The van der Waals surface area contributed by atoms with Crippen LogP contribution in [0.2, 0.25) is 0 Å². The number of benzene rings is 2. The Morgan fingerprint density at radius 3 is 2.25 bits per heavy atom. The number of hydrogen-bond acceptors (Lipinski definition) is 4. The van der Waals surface area contributed by atoms with Crippen molar-refractivity contribution in [2.75, 3.05) is 16.3 Å². The van der Waals surface area contributed by atoms with Crippen molar-refractivity contribution in [3.63, 3.8) is 0 Å². The highest BCUT2D eigenvalue weighted by Gasteiger charge is 2.39. The summed E-state index contributed by atoms with van der Waals surface area (Å²) in [5.41, 5.74) is 3.19. The van der Waals surface area contributed by atoms with E-state index in [1.54, 1.807) is 29.2 Å². The average Bonchev–Trinajstić information content (AvgIpc) is 3.51. The van der Waals surface area contributed by atoms with Crippen LogP contribution >= 0.6 is 0 Å². The molecule has 6 nitrogen and oxygen atoms in total. The zero-order valence-corrected chi connectivity index (χ0v) is 16.6. The molecule has 1 saturated carbocycles. The summed E-state index contributed by atoms with van der Waals surface area (Å²) in [4.78, 5) is 28.9. The number of hydrogen-bond donors (Lipinski definition) is 0. The first-order valence-electron chi connectivity index (χ1n) is 9.31. The zero-order chi connectivity index (χ0) is 20.0. The first kappa shape index (κ1) is 18.8. The third-order valence-electron chi connectivity index (χ3n) is 5.33. The Kier molecular flexibility index (Phi) is 4.81. The van der Waals surface area contributed by atoms with E-state index >= 15 is 0 Å². The van der Waals surface area contributed by atoms with Crippen LogP contribution in [0.1, 0.15) is 26.7 Å². The van der Waals surface area contributed by atoms with E-state index < -0.39 is 11.1 Å². The molecule has 2 amide bonds. The molecule has 2 aromatic carbocycles. The lowest BCUT2D eigenvalue weighted by Gasteiger charge is -2.41. The Labute approximate surface area is 166 Å². The molecule has 1 fully saturated rings. The van der Waals surface area contributed by atoms with Crippen LogP contribution in [0, 0.1) is 5.92 Å². The van der Waals surface area contributed by atoms with Crippen LogP contribution in [0.3, 0.4) is 0 Å².